The summed E-state index contributed by atoms with van der Waals surface area (Å²) < 4.78 is 5.42. The average Bonchev–Trinajstić information content (AvgIpc) is 2.36. The maximum absolute atomic E-state index is 12.3. The molecule has 0 aromatic carbocycles. The molecule has 1 aromatic rings. The predicted octanol–water partition coefficient (Wildman–Crippen LogP) is 0.402. The maximum atomic E-state index is 12.3. The van der Waals surface area contributed by atoms with Crippen molar-refractivity contribution in [2.75, 3.05) is 7.05 Å². The summed E-state index contributed by atoms with van der Waals surface area (Å²) in [5, 5.41) is 18.2. The van der Waals surface area contributed by atoms with Crippen molar-refractivity contribution in [2.45, 2.75) is 51.2 Å². The number of nitrogens with zero attached hydrogens (tertiary/aromatic N) is 3. The predicted molar refractivity (Wildman–Crippen MR) is 81.4 cm³/mol. The van der Waals surface area contributed by atoms with Gasteiger partial charge in [0.05, 0.1) is 0 Å². The van der Waals surface area contributed by atoms with Crippen LogP contribution in [0.5, 0.6) is 0 Å². The van der Waals surface area contributed by atoms with Crippen molar-refractivity contribution in [3.8, 4) is 0 Å². The molecule has 1 aliphatic rings. The third kappa shape index (κ3) is 3.22. The minimum Gasteiger partial charge on any atom is -0.444 e. The van der Waals surface area contributed by atoms with E-state index in [2.05, 4.69) is 9.97 Å². The fourth-order valence-corrected chi connectivity index (χ4v) is 2.44. The first-order valence-corrected chi connectivity index (χ1v) is 7.31. The molecule has 0 aliphatic heterocycles. The second kappa shape index (κ2) is 5.85. The van der Waals surface area contributed by atoms with Gasteiger partial charge in [-0.3, -0.25) is 4.90 Å². The zero-order valence-electron chi connectivity index (χ0n) is 13.4. The van der Waals surface area contributed by atoms with Crippen molar-refractivity contribution >= 4 is 18.7 Å². The number of carbonyl (C=O) groups excluding carboxylic acids is 1. The Morgan fingerprint density at radius 1 is 1.32 bits per heavy atom. The average molecular weight is 307 g/mol. The van der Waals surface area contributed by atoms with Crippen LogP contribution in [0.4, 0.5) is 4.79 Å². The molecule has 1 saturated carbocycles. The van der Waals surface area contributed by atoms with Gasteiger partial charge in [0.15, 0.2) is 5.82 Å². The zero-order chi connectivity index (χ0) is 16.5. The Kier molecular flexibility index (Phi) is 4.44. The summed E-state index contributed by atoms with van der Waals surface area (Å²) in [6.07, 6.45) is 4.81. The van der Waals surface area contributed by atoms with Crippen molar-refractivity contribution in [1.29, 1.82) is 0 Å². The molecule has 0 unspecified atom stereocenters. The molecule has 7 nitrogen and oxygen atoms in total. The van der Waals surface area contributed by atoms with Gasteiger partial charge in [-0.05, 0) is 40.0 Å². The third-order valence-electron chi connectivity index (χ3n) is 3.88. The van der Waals surface area contributed by atoms with Crippen LogP contribution in [-0.4, -0.2) is 50.8 Å². The minimum atomic E-state index is -1.60. The lowest BCUT2D eigenvalue weighted by atomic mass is 9.74. The van der Waals surface area contributed by atoms with Gasteiger partial charge in [0, 0.05) is 24.9 Å². The van der Waals surface area contributed by atoms with Gasteiger partial charge < -0.3 is 14.8 Å². The van der Waals surface area contributed by atoms with Crippen LogP contribution < -0.4 is 5.46 Å². The molecule has 0 atom stereocenters. The standard InChI is InChI=1S/C14H22BN3O4/c1-13(2,3)22-12(19)18(4)14(6-5-7-14)11-16-8-10(9-17-11)15(20)21/h8-9,20-21H,5-7H2,1-4H3. The van der Waals surface area contributed by atoms with E-state index in [9.17, 15) is 4.79 Å². The molecular weight excluding hydrogens is 285 g/mol. The fraction of sp³-hybridized carbons (Fsp3) is 0.643. The molecular formula is C14H22BN3O4. The second-order valence-corrected chi connectivity index (χ2v) is 6.64. The lowest BCUT2D eigenvalue weighted by molar-refractivity contribution is -0.0216. The van der Waals surface area contributed by atoms with E-state index in [1.807, 2.05) is 20.8 Å². The van der Waals surface area contributed by atoms with Gasteiger partial charge in [-0.15, -0.1) is 0 Å². The van der Waals surface area contributed by atoms with Crippen LogP contribution in [0.15, 0.2) is 12.4 Å². The summed E-state index contributed by atoms with van der Waals surface area (Å²) in [5.74, 6) is 0.497. The summed E-state index contributed by atoms with van der Waals surface area (Å²) >= 11 is 0. The molecule has 0 saturated heterocycles. The monoisotopic (exact) mass is 307 g/mol. The molecule has 1 fully saturated rings. The summed E-state index contributed by atoms with van der Waals surface area (Å²) in [6.45, 7) is 5.46. The Bertz CT molecular complexity index is 538. The molecule has 0 bridgehead atoms. The van der Waals surface area contributed by atoms with Crippen LogP contribution >= 0.6 is 0 Å². The first-order chi connectivity index (χ1) is 10.2. The van der Waals surface area contributed by atoms with E-state index in [-0.39, 0.29) is 5.46 Å². The first kappa shape index (κ1) is 16.7. The molecule has 0 radical (unpaired) electrons. The number of amides is 1. The normalized spacial score (nSPS) is 16.6. The van der Waals surface area contributed by atoms with E-state index in [1.165, 1.54) is 12.4 Å². The summed E-state index contributed by atoms with van der Waals surface area (Å²) in [7, 11) is 0.0840. The Labute approximate surface area is 130 Å². The number of carbonyl (C=O) groups is 1. The summed E-state index contributed by atoms with van der Waals surface area (Å²) in [5.41, 5.74) is -0.929. The number of aromatic nitrogens is 2. The number of hydrogen-bond donors (Lipinski definition) is 2. The van der Waals surface area contributed by atoms with Crippen LogP contribution in [0.1, 0.15) is 45.9 Å². The smallest absolute Gasteiger partial charge is 0.444 e. The highest BCUT2D eigenvalue weighted by Gasteiger charge is 2.48. The fourth-order valence-electron chi connectivity index (χ4n) is 2.44. The van der Waals surface area contributed by atoms with Gasteiger partial charge in [-0.1, -0.05) is 0 Å². The van der Waals surface area contributed by atoms with Crippen LogP contribution in [0.25, 0.3) is 0 Å². The topological polar surface area (TPSA) is 95.8 Å². The van der Waals surface area contributed by atoms with Crippen molar-refractivity contribution in [3.63, 3.8) is 0 Å². The minimum absolute atomic E-state index is 0.221. The van der Waals surface area contributed by atoms with Crippen molar-refractivity contribution in [2.24, 2.45) is 0 Å². The van der Waals surface area contributed by atoms with Crippen LogP contribution in [-0.2, 0) is 10.3 Å². The Hall–Kier alpha value is -1.67. The quantitative estimate of drug-likeness (QED) is 0.785. The highest BCUT2D eigenvalue weighted by atomic mass is 16.6. The highest BCUT2D eigenvalue weighted by Crippen LogP contribution is 2.44. The van der Waals surface area contributed by atoms with Gasteiger partial charge in [-0.2, -0.15) is 0 Å². The molecule has 2 rings (SSSR count). The highest BCUT2D eigenvalue weighted by molar-refractivity contribution is 6.58. The molecule has 8 heteroatoms. The van der Waals surface area contributed by atoms with Crippen LogP contribution in [0.2, 0.25) is 0 Å². The lowest BCUT2D eigenvalue weighted by Gasteiger charge is -2.47. The zero-order valence-corrected chi connectivity index (χ0v) is 13.4. The Morgan fingerprint density at radius 3 is 2.23 bits per heavy atom. The second-order valence-electron chi connectivity index (χ2n) is 6.64. The molecule has 1 heterocycles. The third-order valence-corrected chi connectivity index (χ3v) is 3.88. The molecule has 120 valence electrons. The largest absolute Gasteiger partial charge is 0.491 e. The van der Waals surface area contributed by atoms with Gasteiger partial charge in [-0.25, -0.2) is 14.8 Å². The number of rotatable bonds is 3. The van der Waals surface area contributed by atoms with E-state index < -0.39 is 24.4 Å². The summed E-state index contributed by atoms with van der Waals surface area (Å²) in [6, 6.07) is 0. The first-order valence-electron chi connectivity index (χ1n) is 7.31. The van der Waals surface area contributed by atoms with Crippen LogP contribution in [0.3, 0.4) is 0 Å². The van der Waals surface area contributed by atoms with E-state index >= 15 is 0 Å². The number of hydrogen-bond acceptors (Lipinski definition) is 6. The van der Waals surface area contributed by atoms with Gasteiger partial charge in [0.1, 0.15) is 11.1 Å². The van der Waals surface area contributed by atoms with Crippen molar-refractivity contribution < 1.29 is 19.6 Å². The molecule has 0 spiro atoms. The van der Waals surface area contributed by atoms with E-state index in [1.54, 1.807) is 11.9 Å². The van der Waals surface area contributed by atoms with Crippen LogP contribution in [0, 0.1) is 0 Å². The van der Waals surface area contributed by atoms with Gasteiger partial charge >= 0.3 is 13.2 Å². The van der Waals surface area contributed by atoms with E-state index in [4.69, 9.17) is 14.8 Å². The van der Waals surface area contributed by atoms with Gasteiger partial charge in [0.25, 0.3) is 0 Å². The Morgan fingerprint density at radius 2 is 1.86 bits per heavy atom. The Balaban J connectivity index is 2.23. The maximum Gasteiger partial charge on any atom is 0.491 e. The molecule has 22 heavy (non-hydrogen) atoms. The lowest BCUT2D eigenvalue weighted by Crippen LogP contribution is -2.54. The van der Waals surface area contributed by atoms with Crippen molar-refractivity contribution in [1.82, 2.24) is 14.9 Å². The van der Waals surface area contributed by atoms with Gasteiger partial charge in [0.2, 0.25) is 0 Å². The van der Waals surface area contributed by atoms with Crippen molar-refractivity contribution in [3.05, 3.63) is 18.2 Å². The number of ether oxygens (including phenoxy) is 1. The molecule has 1 amide bonds. The molecule has 1 aromatic heterocycles. The van der Waals surface area contributed by atoms with E-state index in [0.717, 1.165) is 19.3 Å². The SMILES string of the molecule is CN(C(=O)OC(C)(C)C)C1(c2ncc(B(O)O)cn2)CCC1. The summed E-state index contributed by atoms with van der Waals surface area (Å²) in [4.78, 5) is 22.3. The molecule has 1 aliphatic carbocycles. The van der Waals surface area contributed by atoms with E-state index in [0.29, 0.717) is 5.82 Å². The molecule has 2 N–H and O–H groups in total.